The Labute approximate surface area is 127 Å². The number of rotatable bonds is 4. The first-order valence-electron chi connectivity index (χ1n) is 7.23. The molecule has 0 bridgehead atoms. The molecule has 0 aromatic heterocycles. The van der Waals surface area contributed by atoms with Gasteiger partial charge in [-0.05, 0) is 37.0 Å². The summed E-state index contributed by atoms with van der Waals surface area (Å²) >= 11 is 0. The van der Waals surface area contributed by atoms with Gasteiger partial charge in [-0.15, -0.1) is 0 Å². The highest BCUT2D eigenvalue weighted by Crippen LogP contribution is 2.37. The molecule has 1 aromatic carbocycles. The van der Waals surface area contributed by atoms with E-state index in [9.17, 15) is 23.2 Å². The van der Waals surface area contributed by atoms with Crippen LogP contribution in [0.1, 0.15) is 36.8 Å². The highest BCUT2D eigenvalue weighted by atomic mass is 19.4. The van der Waals surface area contributed by atoms with E-state index in [4.69, 9.17) is 0 Å². The van der Waals surface area contributed by atoms with Crippen LogP contribution in [-0.2, 0) is 17.4 Å². The summed E-state index contributed by atoms with van der Waals surface area (Å²) in [4.78, 5) is 12.1. The molecule has 1 fully saturated rings. The van der Waals surface area contributed by atoms with Crippen molar-refractivity contribution < 1.29 is 18.0 Å². The van der Waals surface area contributed by atoms with Crippen LogP contribution in [0.3, 0.4) is 0 Å². The molecule has 1 aromatic rings. The summed E-state index contributed by atoms with van der Waals surface area (Å²) in [7, 11) is 0. The summed E-state index contributed by atoms with van der Waals surface area (Å²) in [6.45, 7) is 0.313. The molecule has 1 saturated carbocycles. The van der Waals surface area contributed by atoms with Crippen molar-refractivity contribution in [3.05, 3.63) is 35.4 Å². The quantitative estimate of drug-likeness (QED) is 0.926. The number of hydrogen-bond acceptors (Lipinski definition) is 2. The lowest BCUT2D eigenvalue weighted by Crippen LogP contribution is -2.39. The molecular formula is C16H17F3N2O. The van der Waals surface area contributed by atoms with Crippen molar-refractivity contribution in [3.8, 4) is 6.07 Å². The predicted molar refractivity (Wildman–Crippen MR) is 74.7 cm³/mol. The lowest BCUT2D eigenvalue weighted by molar-refractivity contribution is -0.137. The Balaban J connectivity index is 1.86. The summed E-state index contributed by atoms with van der Waals surface area (Å²) in [6.07, 6.45) is -0.995. The van der Waals surface area contributed by atoms with E-state index < -0.39 is 17.2 Å². The molecule has 0 atom stereocenters. The molecule has 6 heteroatoms. The van der Waals surface area contributed by atoms with Gasteiger partial charge >= 0.3 is 6.18 Å². The SMILES string of the molecule is N#CC1(C(=O)NCCc2ccc(C(F)(F)F)cc2)CCCC1. The fourth-order valence-electron chi connectivity index (χ4n) is 2.72. The van der Waals surface area contributed by atoms with Crippen molar-refractivity contribution in [2.45, 2.75) is 38.3 Å². The van der Waals surface area contributed by atoms with Crippen molar-refractivity contribution in [2.75, 3.05) is 6.54 Å². The van der Waals surface area contributed by atoms with E-state index in [-0.39, 0.29) is 5.91 Å². The topological polar surface area (TPSA) is 52.9 Å². The first-order chi connectivity index (χ1) is 10.4. The molecule has 0 radical (unpaired) electrons. The highest BCUT2D eigenvalue weighted by Gasteiger charge is 2.41. The number of carbonyl (C=O) groups excluding carboxylic acids is 1. The van der Waals surface area contributed by atoms with Crippen molar-refractivity contribution in [1.82, 2.24) is 5.32 Å². The third-order valence-electron chi connectivity index (χ3n) is 4.09. The molecule has 118 valence electrons. The average Bonchev–Trinajstić information content (AvgIpc) is 2.97. The van der Waals surface area contributed by atoms with Crippen molar-refractivity contribution in [2.24, 2.45) is 5.41 Å². The van der Waals surface area contributed by atoms with Gasteiger partial charge in [0.05, 0.1) is 11.6 Å². The molecule has 1 aliphatic rings. The third kappa shape index (κ3) is 3.59. The molecule has 1 amide bonds. The first-order valence-corrected chi connectivity index (χ1v) is 7.23. The zero-order chi connectivity index (χ0) is 16.2. The van der Waals surface area contributed by atoms with Crippen LogP contribution in [0.5, 0.6) is 0 Å². The van der Waals surface area contributed by atoms with Gasteiger partial charge in [0.2, 0.25) is 5.91 Å². The van der Waals surface area contributed by atoms with E-state index >= 15 is 0 Å². The van der Waals surface area contributed by atoms with Gasteiger partial charge in [-0.2, -0.15) is 18.4 Å². The number of halogens is 3. The fraction of sp³-hybridized carbons (Fsp3) is 0.500. The Hall–Kier alpha value is -2.03. The summed E-state index contributed by atoms with van der Waals surface area (Å²) in [5, 5.41) is 11.9. The fourth-order valence-corrected chi connectivity index (χ4v) is 2.72. The first kappa shape index (κ1) is 16.3. The molecule has 22 heavy (non-hydrogen) atoms. The molecule has 0 heterocycles. The molecule has 0 aliphatic heterocycles. The summed E-state index contributed by atoms with van der Waals surface area (Å²) in [5.74, 6) is -0.264. The van der Waals surface area contributed by atoms with E-state index in [1.807, 2.05) is 0 Å². The molecule has 1 aliphatic carbocycles. The largest absolute Gasteiger partial charge is 0.416 e. The van der Waals surface area contributed by atoms with Gasteiger partial charge in [-0.1, -0.05) is 25.0 Å². The minimum absolute atomic E-state index is 0.264. The third-order valence-corrected chi connectivity index (χ3v) is 4.09. The molecule has 3 nitrogen and oxygen atoms in total. The maximum atomic E-state index is 12.4. The average molecular weight is 310 g/mol. The van der Waals surface area contributed by atoms with E-state index in [2.05, 4.69) is 11.4 Å². The molecular weight excluding hydrogens is 293 g/mol. The van der Waals surface area contributed by atoms with Gasteiger partial charge in [-0.3, -0.25) is 4.79 Å². The van der Waals surface area contributed by atoms with Crippen LogP contribution in [0.2, 0.25) is 0 Å². The van der Waals surface area contributed by atoms with E-state index in [1.54, 1.807) is 0 Å². The van der Waals surface area contributed by atoms with Crippen molar-refractivity contribution >= 4 is 5.91 Å². The Morgan fingerprint density at radius 3 is 2.32 bits per heavy atom. The van der Waals surface area contributed by atoms with E-state index in [1.165, 1.54) is 12.1 Å². The smallest absolute Gasteiger partial charge is 0.354 e. The summed E-state index contributed by atoms with van der Waals surface area (Å²) < 4.78 is 37.3. The maximum absolute atomic E-state index is 12.4. The Morgan fingerprint density at radius 2 is 1.82 bits per heavy atom. The lowest BCUT2D eigenvalue weighted by atomic mass is 9.87. The molecule has 0 unspecified atom stereocenters. The van der Waals surface area contributed by atoms with E-state index in [0.717, 1.165) is 25.0 Å². The maximum Gasteiger partial charge on any atom is 0.416 e. The van der Waals surface area contributed by atoms with Gasteiger partial charge in [0.25, 0.3) is 0 Å². The van der Waals surface area contributed by atoms with Gasteiger partial charge in [0, 0.05) is 6.54 Å². The number of nitrogens with zero attached hydrogens (tertiary/aromatic N) is 1. The van der Waals surface area contributed by atoms with Gasteiger partial charge < -0.3 is 5.32 Å². The number of nitriles is 1. The Kier molecular flexibility index (Phi) is 4.74. The van der Waals surface area contributed by atoms with Gasteiger partial charge in [0.1, 0.15) is 5.41 Å². The number of benzene rings is 1. The zero-order valence-corrected chi connectivity index (χ0v) is 12.0. The predicted octanol–water partition coefficient (Wildman–Crippen LogP) is 3.45. The van der Waals surface area contributed by atoms with Crippen LogP contribution < -0.4 is 5.32 Å². The minimum Gasteiger partial charge on any atom is -0.354 e. The number of carbonyl (C=O) groups is 1. The van der Waals surface area contributed by atoms with Gasteiger partial charge in [0.15, 0.2) is 0 Å². The molecule has 1 N–H and O–H groups in total. The second kappa shape index (κ2) is 6.39. The normalized spacial score (nSPS) is 17.0. The minimum atomic E-state index is -4.34. The Morgan fingerprint density at radius 1 is 1.23 bits per heavy atom. The van der Waals surface area contributed by atoms with Crippen LogP contribution in [0, 0.1) is 16.7 Å². The number of amides is 1. The van der Waals surface area contributed by atoms with E-state index in [0.29, 0.717) is 31.4 Å². The number of alkyl halides is 3. The number of nitrogens with one attached hydrogen (secondary N) is 1. The van der Waals surface area contributed by atoms with Crippen LogP contribution in [0.25, 0.3) is 0 Å². The molecule has 0 saturated heterocycles. The van der Waals surface area contributed by atoms with Crippen LogP contribution >= 0.6 is 0 Å². The molecule has 0 spiro atoms. The molecule has 2 rings (SSSR count). The highest BCUT2D eigenvalue weighted by molar-refractivity contribution is 5.85. The second-order valence-corrected chi connectivity index (χ2v) is 5.60. The monoisotopic (exact) mass is 310 g/mol. The second-order valence-electron chi connectivity index (χ2n) is 5.60. The Bertz CT molecular complexity index is 567. The van der Waals surface area contributed by atoms with Gasteiger partial charge in [-0.25, -0.2) is 0 Å². The van der Waals surface area contributed by atoms with Crippen LogP contribution in [0.4, 0.5) is 13.2 Å². The lowest BCUT2D eigenvalue weighted by Gasteiger charge is -2.19. The van der Waals surface area contributed by atoms with Crippen molar-refractivity contribution in [1.29, 1.82) is 5.26 Å². The summed E-state index contributed by atoms with van der Waals surface area (Å²) in [6, 6.07) is 6.99. The zero-order valence-electron chi connectivity index (χ0n) is 12.0. The standard InChI is InChI=1S/C16H17F3N2O/c17-16(18,19)13-5-3-12(4-6-13)7-10-21-14(22)15(11-20)8-1-2-9-15/h3-6H,1-2,7-10H2,(H,21,22). The number of hydrogen-bond donors (Lipinski definition) is 1. The van der Waals surface area contributed by atoms with Crippen LogP contribution in [0.15, 0.2) is 24.3 Å². The van der Waals surface area contributed by atoms with Crippen molar-refractivity contribution in [3.63, 3.8) is 0 Å². The van der Waals surface area contributed by atoms with Crippen LogP contribution in [-0.4, -0.2) is 12.5 Å². The summed E-state index contributed by atoms with van der Waals surface area (Å²) in [5.41, 5.74) is -0.888.